The summed E-state index contributed by atoms with van der Waals surface area (Å²) in [7, 11) is 0. The molecule has 0 saturated carbocycles. The summed E-state index contributed by atoms with van der Waals surface area (Å²) in [5.74, 6) is 1.27. The van der Waals surface area contributed by atoms with E-state index in [1.807, 2.05) is 6.07 Å². The van der Waals surface area contributed by atoms with Crippen LogP contribution in [-0.4, -0.2) is 32.2 Å². The average molecular weight is 444 g/mol. The number of benzene rings is 1. The van der Waals surface area contributed by atoms with E-state index in [0.29, 0.717) is 39.0 Å². The summed E-state index contributed by atoms with van der Waals surface area (Å²) in [6.45, 7) is 2.09. The first-order chi connectivity index (χ1) is 15.6. The van der Waals surface area contributed by atoms with Gasteiger partial charge in [0, 0.05) is 29.6 Å². The number of thiazole rings is 1. The molecule has 8 nitrogen and oxygen atoms in total. The van der Waals surface area contributed by atoms with Crippen molar-refractivity contribution in [2.45, 2.75) is 6.92 Å². The fraction of sp³-hybridized carbons (Fsp3) is 0.0870. The quantitative estimate of drug-likeness (QED) is 0.384. The molecular weight excluding hydrogens is 428 g/mol. The van der Waals surface area contributed by atoms with Crippen LogP contribution in [0, 0.1) is 0 Å². The summed E-state index contributed by atoms with van der Waals surface area (Å²) >= 11 is 1.24. The van der Waals surface area contributed by atoms with Gasteiger partial charge in [-0.2, -0.15) is 9.50 Å². The lowest BCUT2D eigenvalue weighted by Crippen LogP contribution is -2.23. The molecule has 0 saturated heterocycles. The Labute approximate surface area is 185 Å². The van der Waals surface area contributed by atoms with Gasteiger partial charge in [-0.1, -0.05) is 23.5 Å². The predicted octanol–water partition coefficient (Wildman–Crippen LogP) is 3.20. The van der Waals surface area contributed by atoms with E-state index < -0.39 is 0 Å². The summed E-state index contributed by atoms with van der Waals surface area (Å²) in [4.78, 5) is 33.5. The molecule has 0 unspecified atom stereocenters. The van der Waals surface area contributed by atoms with Gasteiger partial charge in [-0.3, -0.25) is 9.78 Å². The Bertz CT molecular complexity index is 1520. The van der Waals surface area contributed by atoms with Crippen molar-refractivity contribution in [2.75, 3.05) is 6.61 Å². The van der Waals surface area contributed by atoms with Gasteiger partial charge in [0.2, 0.25) is 4.96 Å². The minimum absolute atomic E-state index is 0.255. The average Bonchev–Trinajstić information content (AvgIpc) is 3.52. The lowest BCUT2D eigenvalue weighted by molar-refractivity contribution is 0.0526. The number of rotatable bonds is 5. The number of carbonyl (C=O) groups excluding carboxylic acids is 1. The molecule has 4 heterocycles. The number of aromatic nitrogens is 4. The molecule has 0 aliphatic carbocycles. The highest BCUT2D eigenvalue weighted by Crippen LogP contribution is 2.23. The third kappa shape index (κ3) is 3.69. The fourth-order valence-corrected chi connectivity index (χ4v) is 4.04. The van der Waals surface area contributed by atoms with E-state index in [1.54, 1.807) is 67.9 Å². The van der Waals surface area contributed by atoms with E-state index in [-0.39, 0.29) is 11.5 Å². The summed E-state index contributed by atoms with van der Waals surface area (Å²) < 4.78 is 12.6. The van der Waals surface area contributed by atoms with Gasteiger partial charge in [0.15, 0.2) is 5.82 Å². The molecule has 4 aromatic heterocycles. The van der Waals surface area contributed by atoms with Crippen molar-refractivity contribution in [3.63, 3.8) is 0 Å². The zero-order valence-electron chi connectivity index (χ0n) is 16.9. The maximum Gasteiger partial charge on any atom is 0.338 e. The Morgan fingerprint density at radius 3 is 2.59 bits per heavy atom. The van der Waals surface area contributed by atoms with Crippen LogP contribution in [0.15, 0.2) is 70.1 Å². The van der Waals surface area contributed by atoms with Crippen molar-refractivity contribution >= 4 is 28.3 Å². The number of esters is 1. The zero-order valence-corrected chi connectivity index (χ0v) is 17.7. The van der Waals surface area contributed by atoms with E-state index in [2.05, 4.69) is 15.1 Å². The third-order valence-electron chi connectivity index (χ3n) is 4.70. The second-order valence-corrected chi connectivity index (χ2v) is 7.79. The van der Waals surface area contributed by atoms with E-state index in [0.717, 1.165) is 11.1 Å². The smallest absolute Gasteiger partial charge is 0.338 e. The van der Waals surface area contributed by atoms with Crippen LogP contribution in [0.25, 0.3) is 33.7 Å². The van der Waals surface area contributed by atoms with Gasteiger partial charge in [-0.05, 0) is 43.3 Å². The SMILES string of the molecule is CCOC(=O)c1ccc(-c2ccc(C=c3sc4nc(-c5ccncc5)nn4c3=O)o2)cc1. The zero-order chi connectivity index (χ0) is 22.1. The lowest BCUT2D eigenvalue weighted by atomic mass is 10.1. The predicted molar refractivity (Wildman–Crippen MR) is 119 cm³/mol. The maximum absolute atomic E-state index is 12.8. The molecule has 0 N–H and O–H groups in total. The monoisotopic (exact) mass is 444 g/mol. The molecule has 158 valence electrons. The highest BCUT2D eigenvalue weighted by molar-refractivity contribution is 7.15. The molecule has 0 atom stereocenters. The number of nitrogens with zero attached hydrogens (tertiary/aromatic N) is 4. The number of hydrogen-bond donors (Lipinski definition) is 0. The Hall–Kier alpha value is -4.11. The van der Waals surface area contributed by atoms with Crippen LogP contribution < -0.4 is 10.1 Å². The standard InChI is InChI=1S/C23H16N4O4S/c1-2-30-22(29)16-5-3-14(4-6-16)18-8-7-17(31-18)13-19-21(28)27-23(32-19)25-20(26-27)15-9-11-24-12-10-15/h3-13H,2H2,1H3. The molecule has 1 aromatic carbocycles. The van der Waals surface area contributed by atoms with E-state index in [1.165, 1.54) is 15.9 Å². The van der Waals surface area contributed by atoms with Crippen LogP contribution in [0.3, 0.4) is 0 Å². The Morgan fingerprint density at radius 2 is 1.88 bits per heavy atom. The molecule has 0 radical (unpaired) electrons. The lowest BCUT2D eigenvalue weighted by Gasteiger charge is -2.02. The Balaban J connectivity index is 1.42. The van der Waals surface area contributed by atoms with Crippen LogP contribution in [-0.2, 0) is 4.74 Å². The molecule has 9 heteroatoms. The van der Waals surface area contributed by atoms with Crippen LogP contribution in [0.4, 0.5) is 0 Å². The molecule has 0 bridgehead atoms. The topological polar surface area (TPSA) is 99.6 Å². The highest BCUT2D eigenvalue weighted by atomic mass is 32.1. The second-order valence-electron chi connectivity index (χ2n) is 6.78. The number of pyridine rings is 1. The van der Waals surface area contributed by atoms with Gasteiger partial charge in [0.25, 0.3) is 5.56 Å². The molecule has 0 aliphatic heterocycles. The first-order valence-corrected chi connectivity index (χ1v) is 10.6. The molecule has 0 aliphatic rings. The molecule has 5 aromatic rings. The van der Waals surface area contributed by atoms with Crippen molar-refractivity contribution in [2.24, 2.45) is 0 Å². The van der Waals surface area contributed by atoms with Gasteiger partial charge < -0.3 is 9.15 Å². The molecule has 0 amide bonds. The third-order valence-corrected chi connectivity index (χ3v) is 5.66. The largest absolute Gasteiger partial charge is 0.462 e. The van der Waals surface area contributed by atoms with Crippen molar-refractivity contribution < 1.29 is 13.9 Å². The molecule has 32 heavy (non-hydrogen) atoms. The van der Waals surface area contributed by atoms with Crippen LogP contribution in [0.2, 0.25) is 0 Å². The van der Waals surface area contributed by atoms with Gasteiger partial charge in [0.1, 0.15) is 16.1 Å². The summed E-state index contributed by atoms with van der Waals surface area (Å²) in [5.41, 5.74) is 1.83. The van der Waals surface area contributed by atoms with Crippen molar-refractivity contribution in [3.05, 3.63) is 87.1 Å². The highest BCUT2D eigenvalue weighted by Gasteiger charge is 2.13. The normalized spacial score (nSPS) is 11.8. The Morgan fingerprint density at radius 1 is 1.09 bits per heavy atom. The van der Waals surface area contributed by atoms with E-state index >= 15 is 0 Å². The minimum atomic E-state index is -0.362. The second kappa shape index (κ2) is 8.20. The molecule has 0 spiro atoms. The van der Waals surface area contributed by atoms with E-state index in [9.17, 15) is 9.59 Å². The summed E-state index contributed by atoms with van der Waals surface area (Å²) in [6, 6.07) is 14.1. The first-order valence-electron chi connectivity index (χ1n) is 9.81. The molecule has 5 rings (SSSR count). The van der Waals surface area contributed by atoms with Crippen molar-refractivity contribution in [1.82, 2.24) is 19.6 Å². The minimum Gasteiger partial charge on any atom is -0.462 e. The van der Waals surface area contributed by atoms with Crippen molar-refractivity contribution in [3.8, 4) is 22.7 Å². The fourth-order valence-electron chi connectivity index (χ4n) is 3.16. The van der Waals surface area contributed by atoms with Gasteiger partial charge in [-0.15, -0.1) is 5.10 Å². The van der Waals surface area contributed by atoms with Gasteiger partial charge >= 0.3 is 5.97 Å². The van der Waals surface area contributed by atoms with Gasteiger partial charge in [-0.25, -0.2) is 4.79 Å². The Kier molecular flexibility index (Phi) is 5.08. The summed E-state index contributed by atoms with van der Waals surface area (Å²) in [5, 5.41) is 4.32. The van der Waals surface area contributed by atoms with Gasteiger partial charge in [0.05, 0.1) is 12.2 Å². The maximum atomic E-state index is 12.8. The van der Waals surface area contributed by atoms with Crippen LogP contribution >= 0.6 is 11.3 Å². The number of hydrogen-bond acceptors (Lipinski definition) is 8. The van der Waals surface area contributed by atoms with E-state index in [4.69, 9.17) is 9.15 Å². The number of furan rings is 1. The van der Waals surface area contributed by atoms with Crippen molar-refractivity contribution in [1.29, 1.82) is 0 Å². The molecule has 0 fully saturated rings. The molecular formula is C23H16N4O4S. The summed E-state index contributed by atoms with van der Waals surface area (Å²) in [6.07, 6.45) is 4.98. The number of carbonyl (C=O) groups is 1. The number of fused-ring (bicyclic) bond motifs is 1. The van der Waals surface area contributed by atoms with Crippen LogP contribution in [0.5, 0.6) is 0 Å². The number of ether oxygens (including phenoxy) is 1. The van der Waals surface area contributed by atoms with Crippen LogP contribution in [0.1, 0.15) is 23.0 Å². The first kappa shape index (κ1) is 19.8.